The van der Waals surface area contributed by atoms with Crippen molar-refractivity contribution in [1.29, 1.82) is 0 Å². The fourth-order valence-electron chi connectivity index (χ4n) is 2.85. The summed E-state index contributed by atoms with van der Waals surface area (Å²) in [6.07, 6.45) is 2.62. The van der Waals surface area contributed by atoms with Gasteiger partial charge in [-0.2, -0.15) is 5.10 Å². The average molecular weight is 365 g/mol. The SMILES string of the molecule is CC(C)(NC(=O)O)c1ccc(-c2ccc(OCCn3cccn3)cc2)cc1. The highest BCUT2D eigenvalue weighted by atomic mass is 16.5. The number of hydrogen-bond donors (Lipinski definition) is 2. The summed E-state index contributed by atoms with van der Waals surface area (Å²) in [7, 11) is 0. The van der Waals surface area contributed by atoms with E-state index in [1.54, 1.807) is 6.20 Å². The fraction of sp³-hybridized carbons (Fsp3) is 0.238. The van der Waals surface area contributed by atoms with Crippen molar-refractivity contribution < 1.29 is 14.6 Å². The Kier molecular flexibility index (Phi) is 5.45. The normalized spacial score (nSPS) is 11.2. The molecule has 0 atom stereocenters. The predicted molar refractivity (Wildman–Crippen MR) is 104 cm³/mol. The summed E-state index contributed by atoms with van der Waals surface area (Å²) in [6, 6.07) is 17.7. The minimum atomic E-state index is -1.03. The van der Waals surface area contributed by atoms with Gasteiger partial charge in [0.2, 0.25) is 0 Å². The van der Waals surface area contributed by atoms with Crippen LogP contribution in [-0.2, 0) is 12.1 Å². The van der Waals surface area contributed by atoms with Crippen molar-refractivity contribution >= 4 is 6.09 Å². The van der Waals surface area contributed by atoms with Crippen LogP contribution in [0, 0.1) is 0 Å². The first-order chi connectivity index (χ1) is 12.9. The summed E-state index contributed by atoms with van der Waals surface area (Å²) in [5.74, 6) is 0.814. The van der Waals surface area contributed by atoms with Crippen LogP contribution in [0.15, 0.2) is 67.0 Å². The molecule has 0 bridgehead atoms. The van der Waals surface area contributed by atoms with Crippen molar-refractivity contribution in [2.75, 3.05) is 6.61 Å². The second-order valence-electron chi connectivity index (χ2n) is 6.77. The second kappa shape index (κ2) is 7.95. The molecule has 0 spiro atoms. The van der Waals surface area contributed by atoms with E-state index in [0.717, 1.165) is 22.4 Å². The molecule has 3 rings (SSSR count). The summed E-state index contributed by atoms with van der Waals surface area (Å²) in [5, 5.41) is 15.6. The number of amides is 1. The van der Waals surface area contributed by atoms with Gasteiger partial charge in [0.15, 0.2) is 0 Å². The number of rotatable bonds is 7. The molecule has 0 aliphatic carbocycles. The van der Waals surface area contributed by atoms with Gasteiger partial charge in [0.05, 0.1) is 12.1 Å². The van der Waals surface area contributed by atoms with Crippen molar-refractivity contribution in [2.45, 2.75) is 25.9 Å². The largest absolute Gasteiger partial charge is 0.492 e. The molecule has 0 saturated carbocycles. The summed E-state index contributed by atoms with van der Waals surface area (Å²) in [5.41, 5.74) is 2.40. The van der Waals surface area contributed by atoms with E-state index >= 15 is 0 Å². The first-order valence-corrected chi connectivity index (χ1v) is 8.76. The standard InChI is InChI=1S/C21H23N3O3/c1-21(2,23-20(25)26)18-8-4-16(5-9-18)17-6-10-19(11-7-17)27-15-14-24-13-3-12-22-24/h3-13,23H,14-15H2,1-2H3,(H,25,26). The van der Waals surface area contributed by atoms with Crippen LogP contribution in [0.3, 0.4) is 0 Å². The summed E-state index contributed by atoms with van der Waals surface area (Å²) in [6.45, 7) is 4.94. The molecule has 1 amide bonds. The average Bonchev–Trinajstić information content (AvgIpc) is 3.15. The Hall–Kier alpha value is -3.28. The lowest BCUT2D eigenvalue weighted by atomic mass is 9.92. The van der Waals surface area contributed by atoms with E-state index < -0.39 is 11.6 Å². The van der Waals surface area contributed by atoms with Crippen molar-refractivity contribution in [3.8, 4) is 16.9 Å². The fourth-order valence-corrected chi connectivity index (χ4v) is 2.85. The molecule has 0 aliphatic heterocycles. The Labute approximate surface area is 158 Å². The number of hydrogen-bond acceptors (Lipinski definition) is 3. The van der Waals surface area contributed by atoms with Gasteiger partial charge in [0, 0.05) is 12.4 Å². The van der Waals surface area contributed by atoms with E-state index in [1.807, 2.05) is 79.3 Å². The van der Waals surface area contributed by atoms with Crippen LogP contribution in [0.2, 0.25) is 0 Å². The molecule has 0 unspecified atom stereocenters. The smallest absolute Gasteiger partial charge is 0.405 e. The minimum absolute atomic E-state index is 0.557. The van der Waals surface area contributed by atoms with Crippen LogP contribution < -0.4 is 10.1 Å². The number of carboxylic acid groups (broad SMARTS) is 1. The third-order valence-corrected chi connectivity index (χ3v) is 4.36. The zero-order valence-corrected chi connectivity index (χ0v) is 15.4. The number of ether oxygens (including phenoxy) is 1. The molecular weight excluding hydrogens is 342 g/mol. The van der Waals surface area contributed by atoms with E-state index in [1.165, 1.54) is 0 Å². The van der Waals surface area contributed by atoms with Gasteiger partial charge in [-0.3, -0.25) is 4.68 Å². The highest BCUT2D eigenvalue weighted by Crippen LogP contribution is 2.26. The van der Waals surface area contributed by atoms with E-state index in [4.69, 9.17) is 9.84 Å². The van der Waals surface area contributed by atoms with E-state index in [-0.39, 0.29) is 0 Å². The molecule has 2 N–H and O–H groups in total. The highest BCUT2D eigenvalue weighted by Gasteiger charge is 2.22. The van der Waals surface area contributed by atoms with Crippen molar-refractivity contribution in [3.63, 3.8) is 0 Å². The molecule has 3 aromatic rings. The topological polar surface area (TPSA) is 76.4 Å². The van der Waals surface area contributed by atoms with E-state index in [9.17, 15) is 4.79 Å². The van der Waals surface area contributed by atoms with Gasteiger partial charge < -0.3 is 15.2 Å². The first-order valence-electron chi connectivity index (χ1n) is 8.76. The third kappa shape index (κ3) is 4.88. The number of nitrogens with zero attached hydrogens (tertiary/aromatic N) is 2. The van der Waals surface area contributed by atoms with Crippen LogP contribution in [0.1, 0.15) is 19.4 Å². The third-order valence-electron chi connectivity index (χ3n) is 4.36. The van der Waals surface area contributed by atoms with Gasteiger partial charge in [-0.1, -0.05) is 36.4 Å². The maximum Gasteiger partial charge on any atom is 0.405 e. The van der Waals surface area contributed by atoms with Gasteiger partial charge in [0.1, 0.15) is 12.4 Å². The Bertz CT molecular complexity index is 870. The van der Waals surface area contributed by atoms with Crippen LogP contribution in [0.4, 0.5) is 4.79 Å². The number of aromatic nitrogens is 2. The Morgan fingerprint density at radius 2 is 1.74 bits per heavy atom. The summed E-state index contributed by atoms with van der Waals surface area (Å²) in [4.78, 5) is 10.9. The van der Waals surface area contributed by atoms with Crippen LogP contribution in [0.25, 0.3) is 11.1 Å². The second-order valence-corrected chi connectivity index (χ2v) is 6.77. The quantitative estimate of drug-likeness (QED) is 0.660. The number of benzene rings is 2. The van der Waals surface area contributed by atoms with Crippen molar-refractivity contribution in [2.24, 2.45) is 0 Å². The molecule has 6 nitrogen and oxygen atoms in total. The van der Waals surface area contributed by atoms with Gasteiger partial charge in [0.25, 0.3) is 0 Å². The van der Waals surface area contributed by atoms with Gasteiger partial charge in [-0.15, -0.1) is 0 Å². The van der Waals surface area contributed by atoms with Gasteiger partial charge in [-0.25, -0.2) is 4.79 Å². The Morgan fingerprint density at radius 1 is 1.11 bits per heavy atom. The van der Waals surface area contributed by atoms with Crippen molar-refractivity contribution in [3.05, 3.63) is 72.6 Å². The molecule has 0 saturated heterocycles. The summed E-state index contributed by atoms with van der Waals surface area (Å²) >= 11 is 0. The lowest BCUT2D eigenvalue weighted by Gasteiger charge is -2.25. The lowest BCUT2D eigenvalue weighted by Crippen LogP contribution is -2.39. The zero-order valence-electron chi connectivity index (χ0n) is 15.4. The first kappa shape index (κ1) is 18.5. The molecule has 6 heteroatoms. The van der Waals surface area contributed by atoms with E-state index in [0.29, 0.717) is 13.2 Å². The number of nitrogens with one attached hydrogen (secondary N) is 1. The lowest BCUT2D eigenvalue weighted by molar-refractivity contribution is 0.182. The molecular formula is C21H23N3O3. The Morgan fingerprint density at radius 3 is 2.30 bits per heavy atom. The predicted octanol–water partition coefficient (Wildman–Crippen LogP) is 4.13. The van der Waals surface area contributed by atoms with Crippen LogP contribution in [0.5, 0.6) is 5.75 Å². The molecule has 27 heavy (non-hydrogen) atoms. The maximum atomic E-state index is 10.9. The Balaban J connectivity index is 1.62. The zero-order chi connectivity index (χ0) is 19.3. The molecule has 0 aliphatic rings. The minimum Gasteiger partial charge on any atom is -0.492 e. The highest BCUT2D eigenvalue weighted by molar-refractivity contribution is 5.67. The van der Waals surface area contributed by atoms with E-state index in [2.05, 4.69) is 10.4 Å². The number of carbonyl (C=O) groups is 1. The molecule has 0 fully saturated rings. The molecule has 1 aromatic heterocycles. The van der Waals surface area contributed by atoms with Gasteiger partial charge in [-0.05, 0) is 48.7 Å². The molecule has 0 radical (unpaired) electrons. The molecule has 140 valence electrons. The summed E-state index contributed by atoms with van der Waals surface area (Å²) < 4.78 is 7.58. The van der Waals surface area contributed by atoms with Gasteiger partial charge >= 0.3 is 6.09 Å². The van der Waals surface area contributed by atoms with Crippen LogP contribution in [-0.4, -0.2) is 27.6 Å². The van der Waals surface area contributed by atoms with Crippen molar-refractivity contribution in [1.82, 2.24) is 15.1 Å². The molecule has 2 aromatic carbocycles. The monoisotopic (exact) mass is 365 g/mol. The maximum absolute atomic E-state index is 10.9. The molecule has 1 heterocycles. The van der Waals surface area contributed by atoms with Crippen LogP contribution >= 0.6 is 0 Å².